The summed E-state index contributed by atoms with van der Waals surface area (Å²) in [6.45, 7) is 3.05. The second-order valence-corrected chi connectivity index (χ2v) is 9.02. The van der Waals surface area contributed by atoms with Crippen molar-refractivity contribution in [2.45, 2.75) is 82.7 Å². The minimum atomic E-state index is 0. The summed E-state index contributed by atoms with van der Waals surface area (Å²) < 4.78 is 0. The van der Waals surface area contributed by atoms with Crippen molar-refractivity contribution in [3.05, 3.63) is 0 Å². The lowest BCUT2D eigenvalue weighted by Crippen LogP contribution is -2.47. The number of halogens is 1. The van der Waals surface area contributed by atoms with Crippen LogP contribution >= 0.6 is 12.4 Å². The van der Waals surface area contributed by atoms with Crippen molar-refractivity contribution in [1.82, 2.24) is 15.1 Å². The van der Waals surface area contributed by atoms with E-state index in [-0.39, 0.29) is 24.4 Å². The van der Waals surface area contributed by atoms with Crippen LogP contribution in [0, 0.1) is 11.8 Å². The molecule has 0 spiro atoms. The van der Waals surface area contributed by atoms with Gasteiger partial charge in [-0.15, -0.1) is 12.4 Å². The minimum Gasteiger partial charge on any atom is -0.341 e. The number of nitrogens with one attached hydrogen (secondary N) is 1. The Morgan fingerprint density at radius 1 is 0.815 bits per heavy atom. The number of hydrogen-bond acceptors (Lipinski definition) is 3. The number of carbonyl (C=O) groups is 2. The molecule has 3 atom stereocenters. The molecule has 2 saturated heterocycles. The molecule has 4 rings (SSSR count). The second kappa shape index (κ2) is 9.60. The molecule has 2 aliphatic carbocycles. The summed E-state index contributed by atoms with van der Waals surface area (Å²) in [5.74, 6) is 1.91. The van der Waals surface area contributed by atoms with E-state index in [1.165, 1.54) is 51.4 Å². The van der Waals surface area contributed by atoms with E-state index in [1.807, 2.05) is 9.80 Å². The van der Waals surface area contributed by atoms with Gasteiger partial charge in [-0.2, -0.15) is 0 Å². The quantitative estimate of drug-likeness (QED) is 0.796. The first kappa shape index (κ1) is 20.9. The van der Waals surface area contributed by atoms with Crippen LogP contribution in [0.25, 0.3) is 0 Å². The first-order chi connectivity index (χ1) is 12.7. The smallest absolute Gasteiger partial charge is 0.239 e. The number of hydrogen-bond donors (Lipinski definition) is 1. The number of nitrogens with zero attached hydrogens (tertiary/aromatic N) is 2. The van der Waals surface area contributed by atoms with Gasteiger partial charge < -0.3 is 15.1 Å². The summed E-state index contributed by atoms with van der Waals surface area (Å²) >= 11 is 0. The van der Waals surface area contributed by atoms with Gasteiger partial charge in [0.1, 0.15) is 0 Å². The van der Waals surface area contributed by atoms with Gasteiger partial charge in [0.2, 0.25) is 11.8 Å². The fourth-order valence-electron chi connectivity index (χ4n) is 5.71. The Morgan fingerprint density at radius 2 is 1.48 bits per heavy atom. The van der Waals surface area contributed by atoms with Crippen LogP contribution in [0.15, 0.2) is 0 Å². The fourth-order valence-corrected chi connectivity index (χ4v) is 5.71. The zero-order valence-corrected chi connectivity index (χ0v) is 17.4. The summed E-state index contributed by atoms with van der Waals surface area (Å²) in [6, 6.07) is 0.581. The standard InChI is InChI=1S/C21H35N3O2.ClH/c25-20(14-16-6-1-2-7-16)23-10-5-11-24(13-12-23)21(26)19-15-17-8-3-4-9-18(17)22-19;/h16-19,22H,1-15H2;1H. The van der Waals surface area contributed by atoms with Crippen LogP contribution in [0.5, 0.6) is 0 Å². The van der Waals surface area contributed by atoms with Crippen LogP contribution in [0.1, 0.15) is 70.6 Å². The van der Waals surface area contributed by atoms with Gasteiger partial charge in [-0.1, -0.05) is 25.7 Å². The summed E-state index contributed by atoms with van der Waals surface area (Å²) in [7, 11) is 0. The second-order valence-electron chi connectivity index (χ2n) is 9.02. The van der Waals surface area contributed by atoms with E-state index in [0.717, 1.165) is 38.9 Å². The maximum absolute atomic E-state index is 13.0. The van der Waals surface area contributed by atoms with Crippen molar-refractivity contribution >= 4 is 24.2 Å². The van der Waals surface area contributed by atoms with E-state index in [9.17, 15) is 9.59 Å². The van der Waals surface area contributed by atoms with Crippen molar-refractivity contribution < 1.29 is 9.59 Å². The van der Waals surface area contributed by atoms with Crippen molar-refractivity contribution in [3.8, 4) is 0 Å². The Morgan fingerprint density at radius 3 is 2.26 bits per heavy atom. The first-order valence-corrected chi connectivity index (χ1v) is 11.0. The van der Waals surface area contributed by atoms with Gasteiger partial charge >= 0.3 is 0 Å². The molecule has 4 fully saturated rings. The average molecular weight is 398 g/mol. The van der Waals surface area contributed by atoms with Crippen LogP contribution < -0.4 is 5.32 Å². The van der Waals surface area contributed by atoms with E-state index in [1.54, 1.807) is 0 Å². The van der Waals surface area contributed by atoms with Gasteiger partial charge in [0.25, 0.3) is 0 Å². The van der Waals surface area contributed by atoms with Crippen LogP contribution in [-0.4, -0.2) is 59.9 Å². The third-order valence-electron chi connectivity index (χ3n) is 7.26. The number of carbonyl (C=O) groups excluding carboxylic acids is 2. The van der Waals surface area contributed by atoms with Gasteiger partial charge in [0.15, 0.2) is 0 Å². The molecule has 2 saturated carbocycles. The molecule has 1 N–H and O–H groups in total. The molecule has 2 amide bonds. The topological polar surface area (TPSA) is 52.7 Å². The maximum Gasteiger partial charge on any atom is 0.239 e. The van der Waals surface area contributed by atoms with Crippen LogP contribution in [0.3, 0.4) is 0 Å². The third-order valence-corrected chi connectivity index (χ3v) is 7.26. The molecule has 6 heteroatoms. The molecule has 2 heterocycles. The van der Waals surface area contributed by atoms with Crippen molar-refractivity contribution in [2.24, 2.45) is 11.8 Å². The first-order valence-electron chi connectivity index (χ1n) is 11.0. The predicted molar refractivity (Wildman–Crippen MR) is 109 cm³/mol. The highest BCUT2D eigenvalue weighted by molar-refractivity contribution is 5.85. The molecular weight excluding hydrogens is 362 g/mol. The minimum absolute atomic E-state index is 0. The van der Waals surface area contributed by atoms with E-state index < -0.39 is 0 Å². The zero-order valence-electron chi connectivity index (χ0n) is 16.5. The van der Waals surface area contributed by atoms with E-state index in [2.05, 4.69) is 5.32 Å². The lowest BCUT2D eigenvalue weighted by molar-refractivity contribution is -0.135. The van der Waals surface area contributed by atoms with Gasteiger partial charge in [-0.05, 0) is 50.4 Å². The maximum atomic E-state index is 13.0. The molecular formula is C21H36ClN3O2. The van der Waals surface area contributed by atoms with Crippen LogP contribution in [0.4, 0.5) is 0 Å². The van der Waals surface area contributed by atoms with Gasteiger partial charge in [-0.25, -0.2) is 0 Å². The van der Waals surface area contributed by atoms with Gasteiger partial charge in [-0.3, -0.25) is 9.59 Å². The molecule has 4 aliphatic rings. The normalized spacial score (nSPS) is 31.9. The van der Waals surface area contributed by atoms with E-state index in [4.69, 9.17) is 0 Å². The summed E-state index contributed by atoms with van der Waals surface area (Å²) in [5, 5.41) is 3.62. The Hall–Kier alpha value is -0.810. The van der Waals surface area contributed by atoms with Crippen molar-refractivity contribution in [1.29, 1.82) is 0 Å². The molecule has 5 nitrogen and oxygen atoms in total. The predicted octanol–water partition coefficient (Wildman–Crippen LogP) is 2.97. The molecule has 0 radical (unpaired) electrons. The highest BCUT2D eigenvalue weighted by Gasteiger charge is 2.40. The van der Waals surface area contributed by atoms with Crippen molar-refractivity contribution in [2.75, 3.05) is 26.2 Å². The lowest BCUT2D eigenvalue weighted by Gasteiger charge is -2.26. The van der Waals surface area contributed by atoms with E-state index in [0.29, 0.717) is 30.3 Å². The van der Waals surface area contributed by atoms with E-state index >= 15 is 0 Å². The zero-order chi connectivity index (χ0) is 17.9. The third kappa shape index (κ3) is 4.97. The Labute approximate surface area is 170 Å². The summed E-state index contributed by atoms with van der Waals surface area (Å²) in [6.07, 6.45) is 12.8. The SMILES string of the molecule is Cl.O=C(CC1CCCC1)N1CCCN(C(=O)C2CC3CCCCC3N2)CC1. The highest BCUT2D eigenvalue weighted by Crippen LogP contribution is 2.34. The van der Waals surface area contributed by atoms with Crippen LogP contribution in [0.2, 0.25) is 0 Å². The molecule has 0 bridgehead atoms. The molecule has 0 aromatic carbocycles. The van der Waals surface area contributed by atoms with Crippen molar-refractivity contribution in [3.63, 3.8) is 0 Å². The van der Waals surface area contributed by atoms with Gasteiger partial charge in [0.05, 0.1) is 6.04 Å². The highest BCUT2D eigenvalue weighted by atomic mass is 35.5. The Balaban J connectivity index is 0.00000210. The lowest BCUT2D eigenvalue weighted by atomic mass is 9.85. The number of amides is 2. The molecule has 3 unspecified atom stereocenters. The Bertz CT molecular complexity index is 510. The van der Waals surface area contributed by atoms with Crippen LogP contribution in [-0.2, 0) is 9.59 Å². The summed E-state index contributed by atoms with van der Waals surface area (Å²) in [4.78, 5) is 29.7. The molecule has 0 aromatic heterocycles. The number of rotatable bonds is 3. The molecule has 27 heavy (non-hydrogen) atoms. The Kier molecular flexibility index (Phi) is 7.43. The molecule has 154 valence electrons. The largest absolute Gasteiger partial charge is 0.341 e. The monoisotopic (exact) mass is 397 g/mol. The molecule has 0 aromatic rings. The fraction of sp³-hybridized carbons (Fsp3) is 0.905. The summed E-state index contributed by atoms with van der Waals surface area (Å²) in [5.41, 5.74) is 0. The number of fused-ring (bicyclic) bond motifs is 1. The average Bonchev–Trinajstić information content (AvgIpc) is 3.24. The van der Waals surface area contributed by atoms with Gasteiger partial charge in [0, 0.05) is 38.6 Å². The molecule has 2 aliphatic heterocycles.